The normalized spacial score (nSPS) is 11.5. The van der Waals surface area contributed by atoms with E-state index >= 15 is 0 Å². The number of rotatable bonds is 66. The van der Waals surface area contributed by atoms with Gasteiger partial charge < -0.3 is 42.6 Å². The Balaban J connectivity index is 0.791. The Kier molecular flexibility index (Phi) is 47.3. The molecule has 0 aliphatic carbocycles. The molecule has 7 aromatic carbocycles. The Morgan fingerprint density at radius 2 is 0.333 bits per heavy atom. The number of unbranched alkanes of at least 4 members (excludes halogenated alkanes) is 33. The molecule has 0 bridgehead atoms. The fourth-order valence-electron chi connectivity index (χ4n) is 12.8. The van der Waals surface area contributed by atoms with Crippen molar-refractivity contribution in [1.29, 1.82) is 0 Å². The summed E-state index contributed by atoms with van der Waals surface area (Å²) in [7, 11) is 0. The number of benzene rings is 7. The first-order valence-electron chi connectivity index (χ1n) is 42.5. The van der Waals surface area contributed by atoms with E-state index in [1.54, 1.807) is 0 Å². The summed E-state index contributed by atoms with van der Waals surface area (Å²) >= 11 is 0. The number of nitrogens with zero attached hydrogens (tertiary/aromatic N) is 3. The maximum atomic E-state index is 6.30. The van der Waals surface area contributed by atoms with Crippen LogP contribution in [0.25, 0.3) is 0 Å². The molecule has 0 unspecified atom stereocenters. The van der Waals surface area contributed by atoms with Gasteiger partial charge in [0.1, 0.15) is 51.7 Å². The highest BCUT2D eigenvalue weighted by atomic mass is 16.5. The molecule has 0 aliphatic rings. The van der Waals surface area contributed by atoms with Crippen molar-refractivity contribution in [3.63, 3.8) is 0 Å². The van der Waals surface area contributed by atoms with Crippen LogP contribution in [0, 0.1) is 0 Å². The van der Waals surface area contributed by atoms with E-state index < -0.39 is 0 Å². The lowest BCUT2D eigenvalue weighted by molar-refractivity contribution is 0.233. The second kappa shape index (κ2) is 58.7. The van der Waals surface area contributed by atoms with E-state index in [4.69, 9.17) is 57.6 Å². The van der Waals surface area contributed by atoms with Crippen molar-refractivity contribution >= 4 is 35.7 Å². The predicted molar refractivity (Wildman–Crippen MR) is 453 cm³/mol. The maximum absolute atomic E-state index is 6.30. The van der Waals surface area contributed by atoms with Crippen LogP contribution in [0.3, 0.4) is 0 Å². The third-order valence-corrected chi connectivity index (χ3v) is 19.4. The highest BCUT2D eigenvalue weighted by Crippen LogP contribution is 2.30. The van der Waals surface area contributed by atoms with E-state index in [1.807, 2.05) is 146 Å². The fourth-order valence-corrected chi connectivity index (χ4v) is 12.8. The van der Waals surface area contributed by atoms with Crippen molar-refractivity contribution in [2.75, 3.05) is 59.5 Å². The third-order valence-electron chi connectivity index (χ3n) is 19.4. The molecule has 0 N–H and O–H groups in total. The Labute approximate surface area is 652 Å². The summed E-state index contributed by atoms with van der Waals surface area (Å²) < 4.78 is 55.4. The molecule has 0 fully saturated rings. The molecular weight excluding hydrogens is 1340 g/mol. The van der Waals surface area contributed by atoms with Crippen molar-refractivity contribution in [3.8, 4) is 51.7 Å². The molecule has 0 radical (unpaired) electrons. The molecule has 0 spiro atoms. The molecule has 0 heterocycles. The number of ether oxygens (including phenoxy) is 9. The van der Waals surface area contributed by atoms with Gasteiger partial charge in [0.15, 0.2) is 0 Å². The van der Waals surface area contributed by atoms with Crippen LogP contribution < -0.4 is 42.6 Å². The molecule has 588 valence electrons. The van der Waals surface area contributed by atoms with E-state index in [0.717, 1.165) is 107 Å². The minimum atomic E-state index is 0.439. The molecule has 7 rings (SSSR count). The second-order valence-corrected chi connectivity index (χ2v) is 29.0. The van der Waals surface area contributed by atoms with Gasteiger partial charge in [-0.25, -0.2) is 0 Å². The van der Waals surface area contributed by atoms with Gasteiger partial charge in [0.2, 0.25) is 0 Å². The Bertz CT molecular complexity index is 3020. The van der Waals surface area contributed by atoms with Gasteiger partial charge in [0.25, 0.3) is 0 Å². The zero-order chi connectivity index (χ0) is 75.3. The summed E-state index contributed by atoms with van der Waals surface area (Å²) in [5.41, 5.74) is 5.61. The monoisotopic (exact) mass is 1470 g/mol. The van der Waals surface area contributed by atoms with Crippen molar-refractivity contribution in [3.05, 3.63) is 180 Å². The molecule has 108 heavy (non-hydrogen) atoms. The second-order valence-electron chi connectivity index (χ2n) is 29.0. The zero-order valence-corrected chi connectivity index (χ0v) is 66.8. The maximum Gasteiger partial charge on any atom is 0.126 e. The summed E-state index contributed by atoms with van der Waals surface area (Å²) in [6, 6.07) is 53.7. The smallest absolute Gasteiger partial charge is 0.126 e. The first-order valence-corrected chi connectivity index (χ1v) is 42.5. The third kappa shape index (κ3) is 41.9. The topological polar surface area (TPSA) is 120 Å². The highest BCUT2D eigenvalue weighted by molar-refractivity contribution is 5.83. The Morgan fingerprint density at radius 3 is 0.528 bits per heavy atom. The minimum Gasteiger partial charge on any atom is -0.494 e. The Morgan fingerprint density at radius 1 is 0.176 bits per heavy atom. The van der Waals surface area contributed by atoms with Crippen LogP contribution in [0.15, 0.2) is 179 Å². The summed E-state index contributed by atoms with van der Waals surface area (Å²) in [6.45, 7) is 11.9. The SMILES string of the molecule is CCCCCCCCCCCCCCOc1ccc(C=Nc2ccc(OCCCOc3cc(OCCCOc4ccc(N=Cc5ccc(OCCCCCCCCCCCCCC)cc5)cc4)cc(OCCCOc4ccc(N=Cc5ccc(OCCCCCCCCCCCCCC)cc5)cc4)c3)cc2)cc1. The molecule has 0 atom stereocenters. The largest absolute Gasteiger partial charge is 0.494 e. The standard InChI is InChI=1S/C96H135N3O9/c1-4-7-10-13-16-19-22-25-28-31-34-37-67-100-88-55-43-82(44-56-88)79-97-85-49-61-91(62-50-85)103-70-40-73-106-94-76-95(107-74-41-71-104-92-63-51-86(52-64-92)98-80-83-45-57-89(58-46-83)101-68-38-35-32-29-26-23-20-17-14-11-8-5-2)78-96(77-94)108-75-42-72-105-93-65-53-87(54-66-93)99-81-84-47-59-90(60-48-84)102-69-39-36-33-30-27-24-21-18-15-12-9-6-3/h43-66,76-81H,4-42,67-75H2,1-3H3. The van der Waals surface area contributed by atoms with Crippen LogP contribution in [0.4, 0.5) is 17.1 Å². The first kappa shape index (κ1) is 87.0. The van der Waals surface area contributed by atoms with Crippen molar-refractivity contribution in [1.82, 2.24) is 0 Å². The molecule has 0 saturated carbocycles. The van der Waals surface area contributed by atoms with Crippen LogP contribution in [0.2, 0.25) is 0 Å². The molecule has 0 saturated heterocycles. The zero-order valence-electron chi connectivity index (χ0n) is 66.8. The van der Waals surface area contributed by atoms with Gasteiger partial charge in [0.05, 0.1) is 76.5 Å². The predicted octanol–water partition coefficient (Wildman–Crippen LogP) is 27.7. The first-order chi connectivity index (χ1) is 53.5. The van der Waals surface area contributed by atoms with Crippen molar-refractivity contribution < 1.29 is 42.6 Å². The number of aliphatic imine (C=N–C) groups is 3. The van der Waals surface area contributed by atoms with Gasteiger partial charge in [-0.2, -0.15) is 0 Å². The van der Waals surface area contributed by atoms with Gasteiger partial charge >= 0.3 is 0 Å². The molecule has 7 aromatic rings. The van der Waals surface area contributed by atoms with E-state index in [2.05, 4.69) is 57.2 Å². The van der Waals surface area contributed by atoms with Crippen molar-refractivity contribution in [2.45, 2.75) is 271 Å². The van der Waals surface area contributed by atoms with E-state index in [-0.39, 0.29) is 0 Å². The van der Waals surface area contributed by atoms with Crippen LogP contribution >= 0.6 is 0 Å². The van der Waals surface area contributed by atoms with Crippen LogP contribution in [0.1, 0.15) is 288 Å². The van der Waals surface area contributed by atoms with Gasteiger partial charge in [-0.1, -0.05) is 233 Å². The quantitative estimate of drug-likeness (QED) is 0.0271. The molecular formula is C96H135N3O9. The summed E-state index contributed by atoms with van der Waals surface area (Å²) in [5.74, 6) is 6.98. The molecule has 0 amide bonds. The van der Waals surface area contributed by atoms with Crippen LogP contribution in [-0.4, -0.2) is 78.1 Å². The van der Waals surface area contributed by atoms with E-state index in [0.29, 0.717) is 76.2 Å². The molecule has 12 nitrogen and oxygen atoms in total. The van der Waals surface area contributed by atoms with Gasteiger partial charge in [-0.05, 0) is 182 Å². The lowest BCUT2D eigenvalue weighted by Gasteiger charge is -2.14. The summed E-state index contributed by atoms with van der Waals surface area (Å²) in [4.78, 5) is 14.1. The minimum absolute atomic E-state index is 0.439. The fraction of sp³-hybridized carbons (Fsp3) is 0.531. The van der Waals surface area contributed by atoms with Crippen molar-refractivity contribution in [2.24, 2.45) is 15.0 Å². The average Bonchev–Trinajstić information content (AvgIpc) is 0.892. The van der Waals surface area contributed by atoms with Crippen LogP contribution in [-0.2, 0) is 0 Å². The van der Waals surface area contributed by atoms with Gasteiger partial charge in [-0.15, -0.1) is 0 Å². The lowest BCUT2D eigenvalue weighted by Crippen LogP contribution is -2.08. The number of hydrogen-bond donors (Lipinski definition) is 0. The van der Waals surface area contributed by atoms with E-state index in [9.17, 15) is 0 Å². The number of hydrogen-bond acceptors (Lipinski definition) is 12. The summed E-state index contributed by atoms with van der Waals surface area (Å²) in [5, 5.41) is 0. The molecule has 0 aromatic heterocycles. The lowest BCUT2D eigenvalue weighted by atomic mass is 10.1. The highest BCUT2D eigenvalue weighted by Gasteiger charge is 2.09. The molecule has 12 heteroatoms. The van der Waals surface area contributed by atoms with E-state index in [1.165, 1.54) is 212 Å². The van der Waals surface area contributed by atoms with Crippen LogP contribution in [0.5, 0.6) is 51.7 Å². The Hall–Kier alpha value is -8.25. The molecule has 0 aliphatic heterocycles. The van der Waals surface area contributed by atoms with Gasteiger partial charge in [-0.3, -0.25) is 15.0 Å². The van der Waals surface area contributed by atoms with Gasteiger partial charge in [0, 0.05) is 56.1 Å². The average molecular weight is 1480 g/mol. The summed E-state index contributed by atoms with van der Waals surface area (Å²) in [6.07, 6.45) is 55.8.